The smallest absolute Gasteiger partial charge is 0.246 e. The first-order valence-electron chi connectivity index (χ1n) is 4.41. The quantitative estimate of drug-likeness (QED) is 0.238. The van der Waals surface area contributed by atoms with E-state index in [9.17, 15) is 4.79 Å². The van der Waals surface area contributed by atoms with Gasteiger partial charge in [0.05, 0.1) is 6.04 Å². The minimum Gasteiger partial charge on any atom is -0.409 e. The Morgan fingerprint density at radius 1 is 1.71 bits per heavy atom. The number of nitrogens with zero attached hydrogens (tertiary/aromatic N) is 1. The number of nitrogens with two attached hydrogens (primary N) is 1. The van der Waals surface area contributed by atoms with Crippen molar-refractivity contribution in [3.63, 3.8) is 0 Å². The predicted molar refractivity (Wildman–Crippen MR) is 52.1 cm³/mol. The molecule has 0 saturated carbocycles. The molecular weight excluding hydrogens is 186 g/mol. The number of hydrogen-bond acceptors (Lipinski definition) is 4. The maximum atomic E-state index is 11.1. The summed E-state index contributed by atoms with van der Waals surface area (Å²) in [6, 6.07) is -0.423. The van der Waals surface area contributed by atoms with Gasteiger partial charge in [0.15, 0.2) is 5.84 Å². The highest BCUT2D eigenvalue weighted by Crippen LogP contribution is 1.96. The highest BCUT2D eigenvalue weighted by Gasteiger charge is 2.15. The number of rotatable bonds is 6. The summed E-state index contributed by atoms with van der Waals surface area (Å²) in [4.78, 5) is 11.1. The Bertz CT molecular complexity index is 206. The molecule has 0 aliphatic carbocycles. The summed E-state index contributed by atoms with van der Waals surface area (Å²) < 4.78 is 4.64. The SMILES string of the molecule is CCCC(NC(=O)COC)/C(N)=N/O. The van der Waals surface area contributed by atoms with E-state index >= 15 is 0 Å². The van der Waals surface area contributed by atoms with Gasteiger partial charge in [-0.05, 0) is 6.42 Å². The Morgan fingerprint density at radius 3 is 2.79 bits per heavy atom. The van der Waals surface area contributed by atoms with Crippen LogP contribution in [0, 0.1) is 0 Å². The minimum absolute atomic E-state index is 0.0105. The van der Waals surface area contributed by atoms with Crippen molar-refractivity contribution < 1.29 is 14.7 Å². The molecule has 1 amide bonds. The molecule has 82 valence electrons. The summed E-state index contributed by atoms with van der Waals surface area (Å²) >= 11 is 0. The van der Waals surface area contributed by atoms with Gasteiger partial charge in [-0.3, -0.25) is 4.79 Å². The molecule has 0 aromatic heterocycles. The van der Waals surface area contributed by atoms with Crippen LogP contribution in [0.2, 0.25) is 0 Å². The van der Waals surface area contributed by atoms with Crippen LogP contribution in [0.25, 0.3) is 0 Å². The van der Waals surface area contributed by atoms with Crippen molar-refractivity contribution in [1.82, 2.24) is 5.32 Å². The summed E-state index contributed by atoms with van der Waals surface area (Å²) in [5, 5.41) is 13.9. The molecule has 0 aliphatic rings. The first-order valence-corrected chi connectivity index (χ1v) is 4.41. The number of amidine groups is 1. The molecule has 0 rings (SSSR count). The van der Waals surface area contributed by atoms with Gasteiger partial charge in [-0.2, -0.15) is 0 Å². The van der Waals surface area contributed by atoms with E-state index in [-0.39, 0.29) is 18.3 Å². The van der Waals surface area contributed by atoms with Gasteiger partial charge in [-0.1, -0.05) is 18.5 Å². The lowest BCUT2D eigenvalue weighted by Crippen LogP contribution is -2.45. The molecule has 4 N–H and O–H groups in total. The Balaban J connectivity index is 4.15. The molecule has 0 aliphatic heterocycles. The second-order valence-electron chi connectivity index (χ2n) is 2.87. The number of hydrogen-bond donors (Lipinski definition) is 3. The van der Waals surface area contributed by atoms with Crippen LogP contribution >= 0.6 is 0 Å². The Hall–Kier alpha value is -1.30. The zero-order valence-corrected chi connectivity index (χ0v) is 8.49. The van der Waals surface area contributed by atoms with Crippen LogP contribution < -0.4 is 11.1 Å². The Labute approximate surface area is 83.1 Å². The van der Waals surface area contributed by atoms with E-state index < -0.39 is 6.04 Å². The molecule has 0 aromatic rings. The molecule has 1 unspecified atom stereocenters. The monoisotopic (exact) mass is 203 g/mol. The molecule has 0 heterocycles. The minimum atomic E-state index is -0.423. The maximum Gasteiger partial charge on any atom is 0.246 e. The van der Waals surface area contributed by atoms with Crippen LogP contribution in [0.15, 0.2) is 5.16 Å². The number of nitrogens with one attached hydrogen (secondary N) is 1. The summed E-state index contributed by atoms with van der Waals surface area (Å²) in [5.74, 6) is -0.270. The molecule has 0 aromatic carbocycles. The van der Waals surface area contributed by atoms with Crippen molar-refractivity contribution in [3.05, 3.63) is 0 Å². The van der Waals surface area contributed by atoms with Gasteiger partial charge in [-0.15, -0.1) is 0 Å². The number of carbonyl (C=O) groups excluding carboxylic acids is 1. The molecule has 1 atom stereocenters. The highest BCUT2D eigenvalue weighted by molar-refractivity contribution is 5.90. The maximum absolute atomic E-state index is 11.1. The number of oxime groups is 1. The molecule has 0 fully saturated rings. The van der Waals surface area contributed by atoms with Gasteiger partial charge in [0, 0.05) is 7.11 Å². The average Bonchev–Trinajstić information content (AvgIpc) is 2.16. The van der Waals surface area contributed by atoms with Crippen molar-refractivity contribution in [2.75, 3.05) is 13.7 Å². The second kappa shape index (κ2) is 7.14. The van der Waals surface area contributed by atoms with Gasteiger partial charge in [0.1, 0.15) is 6.61 Å². The lowest BCUT2D eigenvalue weighted by atomic mass is 10.1. The van der Waals surface area contributed by atoms with Crippen LogP contribution in [0.1, 0.15) is 19.8 Å². The van der Waals surface area contributed by atoms with E-state index in [1.165, 1.54) is 7.11 Å². The van der Waals surface area contributed by atoms with Crippen molar-refractivity contribution in [2.45, 2.75) is 25.8 Å². The fourth-order valence-corrected chi connectivity index (χ4v) is 1.02. The first-order chi connectivity index (χ1) is 6.65. The lowest BCUT2D eigenvalue weighted by molar-refractivity contribution is -0.125. The normalized spacial score (nSPS) is 13.7. The molecule has 0 radical (unpaired) electrons. The highest BCUT2D eigenvalue weighted by atomic mass is 16.5. The molecule has 6 heteroatoms. The van der Waals surface area contributed by atoms with Crippen molar-refractivity contribution in [2.24, 2.45) is 10.9 Å². The van der Waals surface area contributed by atoms with Crippen LogP contribution in [0.4, 0.5) is 0 Å². The van der Waals surface area contributed by atoms with Crippen LogP contribution in [0.3, 0.4) is 0 Å². The first kappa shape index (κ1) is 12.7. The van der Waals surface area contributed by atoms with Crippen molar-refractivity contribution in [1.29, 1.82) is 0 Å². The van der Waals surface area contributed by atoms with Crippen LogP contribution in [0.5, 0.6) is 0 Å². The topological polar surface area (TPSA) is 96.9 Å². The van der Waals surface area contributed by atoms with E-state index in [1.807, 2.05) is 6.92 Å². The molecule has 0 bridgehead atoms. The molecule has 6 nitrogen and oxygen atoms in total. The van der Waals surface area contributed by atoms with E-state index in [2.05, 4.69) is 15.2 Å². The third kappa shape index (κ3) is 4.66. The standard InChI is InChI=1S/C8H17N3O3/c1-3-4-6(8(9)11-13)10-7(12)5-14-2/h6,13H,3-5H2,1-2H3,(H2,9,11)(H,10,12). The van der Waals surface area contributed by atoms with Crippen LogP contribution in [-0.4, -0.2) is 36.7 Å². The van der Waals surface area contributed by atoms with Crippen molar-refractivity contribution in [3.8, 4) is 0 Å². The number of ether oxygens (including phenoxy) is 1. The number of carbonyl (C=O) groups is 1. The van der Waals surface area contributed by atoms with Gasteiger partial charge in [-0.25, -0.2) is 0 Å². The molecule has 0 spiro atoms. The predicted octanol–water partition coefficient (Wildman–Crippen LogP) is -0.336. The van der Waals surface area contributed by atoms with E-state index in [0.717, 1.165) is 6.42 Å². The van der Waals surface area contributed by atoms with Crippen molar-refractivity contribution >= 4 is 11.7 Å². The van der Waals surface area contributed by atoms with E-state index in [4.69, 9.17) is 10.9 Å². The summed E-state index contributed by atoms with van der Waals surface area (Å²) in [7, 11) is 1.43. The number of amides is 1. The largest absolute Gasteiger partial charge is 0.409 e. The molecule has 14 heavy (non-hydrogen) atoms. The van der Waals surface area contributed by atoms with Gasteiger partial charge in [0.25, 0.3) is 0 Å². The van der Waals surface area contributed by atoms with Gasteiger partial charge >= 0.3 is 0 Å². The summed E-state index contributed by atoms with van der Waals surface area (Å²) in [6.07, 6.45) is 1.46. The lowest BCUT2D eigenvalue weighted by Gasteiger charge is -2.15. The zero-order valence-electron chi connectivity index (χ0n) is 8.49. The zero-order chi connectivity index (χ0) is 11.0. The van der Waals surface area contributed by atoms with E-state index in [0.29, 0.717) is 6.42 Å². The average molecular weight is 203 g/mol. The van der Waals surface area contributed by atoms with E-state index in [1.54, 1.807) is 0 Å². The molecule has 0 saturated heterocycles. The number of methoxy groups -OCH3 is 1. The fraction of sp³-hybridized carbons (Fsp3) is 0.750. The third-order valence-electron chi connectivity index (χ3n) is 1.66. The van der Waals surface area contributed by atoms with Gasteiger partial charge in [0.2, 0.25) is 5.91 Å². The second-order valence-corrected chi connectivity index (χ2v) is 2.87. The fourth-order valence-electron chi connectivity index (χ4n) is 1.02. The van der Waals surface area contributed by atoms with Gasteiger partial charge < -0.3 is 21.0 Å². The molecular formula is C8H17N3O3. The summed E-state index contributed by atoms with van der Waals surface area (Å²) in [5.41, 5.74) is 5.39. The third-order valence-corrected chi connectivity index (χ3v) is 1.66. The Morgan fingerprint density at radius 2 is 2.36 bits per heavy atom. The summed E-state index contributed by atoms with van der Waals surface area (Å²) in [6.45, 7) is 1.92. The Kier molecular flexibility index (Phi) is 6.47. The van der Waals surface area contributed by atoms with Crippen LogP contribution in [-0.2, 0) is 9.53 Å².